The molecule has 0 saturated heterocycles. The van der Waals surface area contributed by atoms with Crippen LogP contribution in [0, 0.1) is 0 Å². The predicted molar refractivity (Wildman–Crippen MR) is 91.4 cm³/mol. The maximum absolute atomic E-state index is 11.3. The molecule has 0 bridgehead atoms. The van der Waals surface area contributed by atoms with Crippen LogP contribution in [0.1, 0.15) is 25.5 Å². The van der Waals surface area contributed by atoms with E-state index in [1.807, 2.05) is 0 Å². The average Bonchev–Trinajstić information content (AvgIpc) is 3.24. The minimum absolute atomic E-state index is 0.0691. The Bertz CT molecular complexity index is 1120. The molecule has 0 spiro atoms. The highest BCUT2D eigenvalue weighted by Crippen LogP contribution is 2.22. The molecule has 5 N–H and O–H groups in total. The number of rotatable bonds is 5. The van der Waals surface area contributed by atoms with Crippen molar-refractivity contribution < 1.29 is 10.2 Å². The molecule has 0 aliphatic heterocycles. The van der Waals surface area contributed by atoms with E-state index in [0.29, 0.717) is 22.4 Å². The first kappa shape index (κ1) is 16.3. The van der Waals surface area contributed by atoms with Crippen molar-refractivity contribution in [3.05, 3.63) is 33.2 Å². The van der Waals surface area contributed by atoms with E-state index in [0.717, 1.165) is 12.8 Å². The van der Waals surface area contributed by atoms with Crippen molar-refractivity contribution in [2.75, 3.05) is 11.9 Å². The summed E-state index contributed by atoms with van der Waals surface area (Å²) in [4.78, 5) is 29.4. The summed E-state index contributed by atoms with van der Waals surface area (Å²) in [6.45, 7) is 1.73. The molecule has 3 aromatic heterocycles. The van der Waals surface area contributed by atoms with Crippen LogP contribution < -0.4 is 21.8 Å². The Morgan fingerprint density at radius 3 is 2.92 bits per heavy atom. The topological polar surface area (TPSA) is 157 Å². The number of hydrogen-bond donors (Lipinski definition) is 5. The minimum Gasteiger partial charge on any atom is -0.493 e. The lowest BCUT2D eigenvalue weighted by Crippen LogP contribution is -2.28. The normalized spacial score (nSPS) is 17.2. The summed E-state index contributed by atoms with van der Waals surface area (Å²) in [6.07, 6.45) is 5.14. The number of aliphatic hydroxyl groups excluding tert-OH is 1. The molecule has 3 aromatic rings. The summed E-state index contributed by atoms with van der Waals surface area (Å²) in [5.74, 6) is 0.0546. The Labute approximate surface area is 146 Å². The summed E-state index contributed by atoms with van der Waals surface area (Å²) in [6, 6.07) is 0.00423. The number of hydrogen-bond acceptors (Lipinski definition) is 8. The van der Waals surface area contributed by atoms with Gasteiger partial charge in [0.15, 0.2) is 5.65 Å². The highest BCUT2D eigenvalue weighted by Gasteiger charge is 2.21. The number of H-pyrrole nitrogens is 2. The van der Waals surface area contributed by atoms with E-state index in [4.69, 9.17) is 0 Å². The third-order valence-electron chi connectivity index (χ3n) is 3.91. The smallest absolute Gasteiger partial charge is 0.326 e. The van der Waals surface area contributed by atoms with Gasteiger partial charge in [0.25, 0.3) is 5.62 Å². The van der Waals surface area contributed by atoms with Crippen molar-refractivity contribution in [1.82, 2.24) is 29.5 Å². The van der Waals surface area contributed by atoms with Crippen LogP contribution in [0.2, 0.25) is 0 Å². The second kappa shape index (κ2) is 6.26. The molecule has 11 nitrogen and oxygen atoms in total. The fourth-order valence-electron chi connectivity index (χ4n) is 2.41. The Hall–Kier alpha value is -3.21. The molecule has 1 unspecified atom stereocenters. The van der Waals surface area contributed by atoms with Crippen LogP contribution in [-0.2, 0) is 0 Å². The van der Waals surface area contributed by atoms with Crippen LogP contribution in [0.4, 0.5) is 5.95 Å². The van der Waals surface area contributed by atoms with Gasteiger partial charge in [0.1, 0.15) is 5.69 Å². The van der Waals surface area contributed by atoms with Gasteiger partial charge in [-0.25, -0.2) is 9.79 Å². The predicted octanol–water partition coefficient (Wildman–Crippen LogP) is -1.75. The fourth-order valence-corrected chi connectivity index (χ4v) is 2.41. The van der Waals surface area contributed by atoms with Gasteiger partial charge in [0.2, 0.25) is 11.8 Å². The van der Waals surface area contributed by atoms with Gasteiger partial charge < -0.3 is 20.5 Å². The molecular formula is C15H18N8O3. The number of anilines is 1. The number of nitrogens with one attached hydrogen (secondary N) is 3. The van der Waals surface area contributed by atoms with E-state index >= 15 is 0 Å². The van der Waals surface area contributed by atoms with E-state index in [9.17, 15) is 15.0 Å². The molecule has 1 saturated carbocycles. The number of imidazole rings is 1. The number of aromatic hydroxyl groups is 1. The molecule has 26 heavy (non-hydrogen) atoms. The molecule has 1 fully saturated rings. The molecule has 1 aliphatic rings. The van der Waals surface area contributed by atoms with Gasteiger partial charge in [0.05, 0.1) is 18.8 Å². The van der Waals surface area contributed by atoms with Gasteiger partial charge in [-0.1, -0.05) is 0 Å². The molecule has 4 rings (SSSR count). The SMILES string of the molecule is CC(CO)Nc1nc(=NC2CC2)n2nc/c(=C\c3[nH]c(=O)[nH]c3O)c2n1. The van der Waals surface area contributed by atoms with Gasteiger partial charge in [-0.15, -0.1) is 0 Å². The molecule has 0 aromatic carbocycles. The Morgan fingerprint density at radius 1 is 1.46 bits per heavy atom. The highest BCUT2D eigenvalue weighted by molar-refractivity contribution is 5.57. The van der Waals surface area contributed by atoms with E-state index in [-0.39, 0.29) is 30.3 Å². The zero-order valence-electron chi connectivity index (χ0n) is 14.0. The number of aromatic nitrogens is 6. The van der Waals surface area contributed by atoms with Gasteiger partial charge in [-0.3, -0.25) is 4.98 Å². The van der Waals surface area contributed by atoms with Gasteiger partial charge in [0, 0.05) is 11.3 Å². The lowest BCUT2D eigenvalue weighted by Gasteiger charge is -2.10. The number of nitrogens with zero attached hydrogens (tertiary/aromatic N) is 5. The van der Waals surface area contributed by atoms with Crippen LogP contribution in [0.3, 0.4) is 0 Å². The molecule has 1 aliphatic carbocycles. The first-order chi connectivity index (χ1) is 12.5. The lowest BCUT2D eigenvalue weighted by molar-refractivity contribution is 0.281. The van der Waals surface area contributed by atoms with Crippen molar-refractivity contribution >= 4 is 17.7 Å². The fraction of sp³-hybridized carbons (Fsp3) is 0.400. The Kier molecular flexibility index (Phi) is 3.92. The molecule has 3 heterocycles. The highest BCUT2D eigenvalue weighted by atomic mass is 16.3. The first-order valence-corrected chi connectivity index (χ1v) is 8.23. The van der Waals surface area contributed by atoms with Gasteiger partial charge in [-0.05, 0) is 25.8 Å². The number of aliphatic hydroxyl groups is 1. The van der Waals surface area contributed by atoms with Crippen LogP contribution >= 0.6 is 0 Å². The van der Waals surface area contributed by atoms with E-state index in [1.54, 1.807) is 19.2 Å². The second-order valence-electron chi connectivity index (χ2n) is 6.26. The average molecular weight is 358 g/mol. The quantitative estimate of drug-likeness (QED) is 0.362. The lowest BCUT2D eigenvalue weighted by atomic mass is 10.3. The summed E-state index contributed by atoms with van der Waals surface area (Å²) in [5.41, 5.74) is 0.593. The summed E-state index contributed by atoms with van der Waals surface area (Å²) < 4.78 is 1.51. The van der Waals surface area contributed by atoms with Gasteiger partial charge in [-0.2, -0.15) is 19.6 Å². The van der Waals surface area contributed by atoms with E-state index < -0.39 is 5.69 Å². The van der Waals surface area contributed by atoms with Crippen molar-refractivity contribution in [2.24, 2.45) is 4.99 Å². The third kappa shape index (κ3) is 3.16. The number of aromatic amines is 2. The summed E-state index contributed by atoms with van der Waals surface area (Å²) in [7, 11) is 0. The minimum atomic E-state index is -0.511. The van der Waals surface area contributed by atoms with Crippen LogP contribution in [0.15, 0.2) is 16.0 Å². The Balaban J connectivity index is 1.91. The maximum atomic E-state index is 11.3. The van der Waals surface area contributed by atoms with Crippen LogP contribution in [-0.4, -0.2) is 58.5 Å². The van der Waals surface area contributed by atoms with Crippen molar-refractivity contribution in [1.29, 1.82) is 0 Å². The van der Waals surface area contributed by atoms with Crippen molar-refractivity contribution in [2.45, 2.75) is 31.8 Å². The molecule has 11 heteroatoms. The number of fused-ring (bicyclic) bond motifs is 1. The third-order valence-corrected chi connectivity index (χ3v) is 3.91. The van der Waals surface area contributed by atoms with Crippen LogP contribution in [0.25, 0.3) is 11.7 Å². The van der Waals surface area contributed by atoms with E-state index in [2.05, 4.69) is 35.3 Å². The molecule has 136 valence electrons. The summed E-state index contributed by atoms with van der Waals surface area (Å²) in [5, 5.41) is 26.9. The second-order valence-corrected chi connectivity index (χ2v) is 6.26. The zero-order chi connectivity index (χ0) is 18.3. The first-order valence-electron chi connectivity index (χ1n) is 8.23. The zero-order valence-corrected chi connectivity index (χ0v) is 14.0. The molecule has 0 amide bonds. The Morgan fingerprint density at radius 2 is 2.27 bits per heavy atom. The standard InChI is InChI=1S/C15H18N8O3/c1-7(6-24)17-13-20-11-8(4-10-12(25)21-15(26)19-10)5-16-23(11)14(22-13)18-9-2-3-9/h4-5,7,9,24-25H,2-3,6H2,1H3,(H,17,18,22)(H2,19,21,26)/b8-4+. The monoisotopic (exact) mass is 358 g/mol. The van der Waals surface area contributed by atoms with Crippen molar-refractivity contribution in [3.8, 4) is 5.88 Å². The maximum Gasteiger partial charge on any atom is 0.326 e. The van der Waals surface area contributed by atoms with E-state index in [1.165, 1.54) is 4.52 Å². The van der Waals surface area contributed by atoms with Crippen molar-refractivity contribution in [3.63, 3.8) is 0 Å². The molecular weight excluding hydrogens is 340 g/mol. The summed E-state index contributed by atoms with van der Waals surface area (Å²) >= 11 is 0. The molecule has 1 atom stereocenters. The largest absolute Gasteiger partial charge is 0.493 e. The van der Waals surface area contributed by atoms with Gasteiger partial charge >= 0.3 is 5.69 Å². The molecule has 0 radical (unpaired) electrons. The van der Waals surface area contributed by atoms with Crippen LogP contribution in [0.5, 0.6) is 5.88 Å².